The van der Waals surface area contributed by atoms with E-state index in [4.69, 9.17) is 0 Å². The van der Waals surface area contributed by atoms with E-state index >= 15 is 0 Å². The lowest BCUT2D eigenvalue weighted by molar-refractivity contribution is -0.122. The third-order valence-electron chi connectivity index (χ3n) is 4.11. The van der Waals surface area contributed by atoms with Crippen LogP contribution in [0.3, 0.4) is 0 Å². The maximum atomic E-state index is 13.1. The summed E-state index contributed by atoms with van der Waals surface area (Å²) in [5, 5.41) is 12.7. The van der Waals surface area contributed by atoms with Crippen LogP contribution in [0.1, 0.15) is 37.9 Å². The number of nitrogens with zero attached hydrogens (tertiary/aromatic N) is 1. The molecule has 6 heteroatoms. The van der Waals surface area contributed by atoms with E-state index in [9.17, 15) is 14.7 Å². The number of hydrogen-bond donors (Lipinski definition) is 3. The zero-order valence-corrected chi connectivity index (χ0v) is 16.2. The van der Waals surface area contributed by atoms with E-state index in [2.05, 4.69) is 17.9 Å². The second-order valence-corrected chi connectivity index (χ2v) is 7.56. The predicted octanol–water partition coefficient (Wildman–Crippen LogP) is 4.74. The van der Waals surface area contributed by atoms with E-state index in [1.54, 1.807) is 57.2 Å². The molecule has 0 aliphatic carbocycles. The molecular weight excluding hydrogens is 348 g/mol. The van der Waals surface area contributed by atoms with Gasteiger partial charge in [0.2, 0.25) is 0 Å². The normalized spacial score (nSPS) is 12.3. The van der Waals surface area contributed by atoms with Crippen molar-refractivity contribution in [3.63, 3.8) is 0 Å². The largest absolute Gasteiger partial charge is 0.465 e. The van der Waals surface area contributed by atoms with Crippen molar-refractivity contribution in [2.45, 2.75) is 44.2 Å². The Hall–Kier alpha value is -2.47. The van der Waals surface area contributed by atoms with Gasteiger partial charge in [0.05, 0.1) is 0 Å². The van der Waals surface area contributed by atoms with Crippen LogP contribution in [-0.4, -0.2) is 27.5 Å². The first kappa shape index (κ1) is 19.8. The molecule has 0 fully saturated rings. The van der Waals surface area contributed by atoms with Gasteiger partial charge < -0.3 is 10.4 Å². The zero-order valence-electron chi connectivity index (χ0n) is 15.4. The Morgan fingerprint density at radius 2 is 1.69 bits per heavy atom. The molecule has 1 unspecified atom stereocenters. The second kappa shape index (κ2) is 7.83. The Morgan fingerprint density at radius 3 is 2.23 bits per heavy atom. The van der Waals surface area contributed by atoms with Gasteiger partial charge in [0.25, 0.3) is 5.91 Å². The van der Waals surface area contributed by atoms with Crippen molar-refractivity contribution in [1.29, 1.82) is 0 Å². The van der Waals surface area contributed by atoms with Gasteiger partial charge in [-0.2, -0.15) is 0 Å². The van der Waals surface area contributed by atoms with Crippen LogP contribution in [0.25, 0.3) is 0 Å². The van der Waals surface area contributed by atoms with Crippen LogP contribution in [-0.2, 0) is 4.79 Å². The van der Waals surface area contributed by atoms with Crippen molar-refractivity contribution in [2.75, 3.05) is 5.32 Å². The summed E-state index contributed by atoms with van der Waals surface area (Å²) < 4.78 is 0. The summed E-state index contributed by atoms with van der Waals surface area (Å²) in [5.74, 6) is -0.407. The molecule has 0 heterocycles. The molecule has 0 aromatic heterocycles. The van der Waals surface area contributed by atoms with Gasteiger partial charge in [-0.3, -0.25) is 9.69 Å². The van der Waals surface area contributed by atoms with Crippen molar-refractivity contribution in [3.8, 4) is 0 Å². The molecule has 0 aliphatic rings. The fourth-order valence-corrected chi connectivity index (χ4v) is 3.00. The summed E-state index contributed by atoms with van der Waals surface area (Å²) >= 11 is 4.37. The van der Waals surface area contributed by atoms with E-state index < -0.39 is 23.6 Å². The van der Waals surface area contributed by atoms with Crippen LogP contribution in [0.5, 0.6) is 0 Å². The minimum atomic E-state index is -1.15. The number of carbonyl (C=O) groups excluding carboxylic acids is 1. The molecule has 138 valence electrons. The van der Waals surface area contributed by atoms with Crippen LogP contribution in [0.4, 0.5) is 10.5 Å². The van der Waals surface area contributed by atoms with Crippen molar-refractivity contribution >= 4 is 30.3 Å². The summed E-state index contributed by atoms with van der Waals surface area (Å²) in [6.07, 6.45) is -1.15. The number of carbonyl (C=O) groups is 2. The maximum Gasteiger partial charge on any atom is 0.408 e. The lowest BCUT2D eigenvalue weighted by Gasteiger charge is -2.39. The van der Waals surface area contributed by atoms with Gasteiger partial charge in [-0.15, -0.1) is 12.6 Å². The van der Waals surface area contributed by atoms with Crippen molar-refractivity contribution < 1.29 is 14.7 Å². The van der Waals surface area contributed by atoms with Crippen LogP contribution in [0.2, 0.25) is 0 Å². The Bertz CT molecular complexity index is 800. The quantitative estimate of drug-likeness (QED) is 0.679. The van der Waals surface area contributed by atoms with Crippen LogP contribution >= 0.6 is 12.6 Å². The first-order valence-corrected chi connectivity index (χ1v) is 8.74. The number of rotatable bonds is 4. The first-order chi connectivity index (χ1) is 12.1. The van der Waals surface area contributed by atoms with Crippen LogP contribution < -0.4 is 5.32 Å². The maximum absolute atomic E-state index is 13.1. The molecule has 0 bridgehead atoms. The highest BCUT2D eigenvalue weighted by Crippen LogP contribution is 2.31. The summed E-state index contributed by atoms with van der Waals surface area (Å²) in [4.78, 5) is 27.0. The molecule has 0 aliphatic heterocycles. The Kier molecular flexibility index (Phi) is 5.97. The molecular formula is C20H24N2O3S. The first-order valence-electron chi connectivity index (χ1n) is 8.29. The van der Waals surface area contributed by atoms with E-state index in [0.29, 0.717) is 11.3 Å². The number of benzene rings is 2. The van der Waals surface area contributed by atoms with Gasteiger partial charge in [-0.05, 0) is 51.0 Å². The molecule has 2 aromatic rings. The molecule has 0 spiro atoms. The Balaban J connectivity index is 2.48. The number of anilines is 1. The fraction of sp³-hybridized carbons (Fsp3) is 0.300. The average Bonchev–Trinajstić information content (AvgIpc) is 2.56. The fourth-order valence-electron chi connectivity index (χ4n) is 2.80. The van der Waals surface area contributed by atoms with Gasteiger partial charge in [-0.25, -0.2) is 4.79 Å². The summed E-state index contributed by atoms with van der Waals surface area (Å²) in [7, 11) is 0. The van der Waals surface area contributed by atoms with Crippen LogP contribution in [0, 0.1) is 6.92 Å². The third kappa shape index (κ3) is 4.38. The number of nitrogens with one attached hydrogen (secondary N) is 1. The SMILES string of the molecule is Cc1c(S)cccc1NC(=O)C(c1ccccc1)N(C(=O)O)C(C)(C)C. The number of amides is 2. The van der Waals surface area contributed by atoms with Gasteiger partial charge in [0, 0.05) is 16.1 Å². The van der Waals surface area contributed by atoms with Gasteiger partial charge >= 0.3 is 6.09 Å². The highest BCUT2D eigenvalue weighted by atomic mass is 32.1. The minimum absolute atomic E-state index is 0.407. The summed E-state index contributed by atoms with van der Waals surface area (Å²) in [6, 6.07) is 13.4. The molecule has 2 aromatic carbocycles. The number of carboxylic acid groups (broad SMARTS) is 1. The van der Waals surface area contributed by atoms with Crippen molar-refractivity contribution in [3.05, 3.63) is 59.7 Å². The standard InChI is InChI=1S/C20H24N2O3S/c1-13-15(11-8-12-16(13)26)21-18(23)17(14-9-6-5-7-10-14)22(19(24)25)20(2,3)4/h5-12,17,26H,1-4H3,(H,21,23)(H,24,25). The molecule has 0 saturated carbocycles. The van der Waals surface area contributed by atoms with E-state index in [1.807, 2.05) is 19.1 Å². The summed E-state index contributed by atoms with van der Waals surface area (Å²) in [5.41, 5.74) is 1.29. The van der Waals surface area contributed by atoms with Crippen molar-refractivity contribution in [2.24, 2.45) is 0 Å². The van der Waals surface area contributed by atoms with Gasteiger partial charge in [0.15, 0.2) is 0 Å². The van der Waals surface area contributed by atoms with Crippen molar-refractivity contribution in [1.82, 2.24) is 4.90 Å². The van der Waals surface area contributed by atoms with Crippen LogP contribution in [0.15, 0.2) is 53.4 Å². The smallest absolute Gasteiger partial charge is 0.408 e. The predicted molar refractivity (Wildman–Crippen MR) is 106 cm³/mol. The topological polar surface area (TPSA) is 69.6 Å². The Labute approximate surface area is 159 Å². The zero-order chi connectivity index (χ0) is 19.5. The minimum Gasteiger partial charge on any atom is -0.465 e. The molecule has 1 atom stereocenters. The monoisotopic (exact) mass is 372 g/mol. The molecule has 2 rings (SSSR count). The van der Waals surface area contributed by atoms with Gasteiger partial charge in [-0.1, -0.05) is 36.4 Å². The van der Waals surface area contributed by atoms with E-state index in [0.717, 1.165) is 10.5 Å². The molecule has 0 saturated heterocycles. The summed E-state index contributed by atoms with van der Waals surface area (Å²) in [6.45, 7) is 7.16. The average molecular weight is 372 g/mol. The molecule has 0 radical (unpaired) electrons. The Morgan fingerprint density at radius 1 is 1.08 bits per heavy atom. The van der Waals surface area contributed by atoms with E-state index in [1.165, 1.54) is 4.90 Å². The molecule has 2 N–H and O–H groups in total. The second-order valence-electron chi connectivity index (χ2n) is 7.08. The number of thiol groups is 1. The number of hydrogen-bond acceptors (Lipinski definition) is 3. The van der Waals surface area contributed by atoms with Gasteiger partial charge in [0.1, 0.15) is 6.04 Å². The highest BCUT2D eigenvalue weighted by molar-refractivity contribution is 7.80. The molecule has 26 heavy (non-hydrogen) atoms. The molecule has 5 nitrogen and oxygen atoms in total. The lowest BCUT2D eigenvalue weighted by Crippen LogP contribution is -2.50. The highest BCUT2D eigenvalue weighted by Gasteiger charge is 2.38. The molecule has 2 amide bonds. The van der Waals surface area contributed by atoms with E-state index in [-0.39, 0.29) is 0 Å². The third-order valence-corrected chi connectivity index (χ3v) is 4.60. The lowest BCUT2D eigenvalue weighted by atomic mass is 9.97.